The average molecular weight is 447 g/mol. The molecule has 1 aliphatic rings. The first-order valence-corrected chi connectivity index (χ1v) is 11.8. The number of nitrogens with one attached hydrogen (secondary N) is 1. The number of amides is 1. The molecule has 164 valence electrons. The van der Waals surface area contributed by atoms with Crippen molar-refractivity contribution in [2.75, 3.05) is 7.11 Å². The molecule has 1 aromatic carbocycles. The molecule has 4 aromatic rings. The first-order valence-electron chi connectivity index (χ1n) is 10.9. The van der Waals surface area contributed by atoms with Gasteiger partial charge in [0, 0.05) is 29.1 Å². The lowest BCUT2D eigenvalue weighted by atomic mass is 9.91. The Hall–Kier alpha value is -3.16. The van der Waals surface area contributed by atoms with Gasteiger partial charge in [0.05, 0.1) is 23.9 Å². The molecule has 0 radical (unpaired) electrons. The second-order valence-corrected chi connectivity index (χ2v) is 9.13. The van der Waals surface area contributed by atoms with Crippen LogP contribution in [0.1, 0.15) is 35.4 Å². The van der Waals surface area contributed by atoms with Gasteiger partial charge in [0.1, 0.15) is 5.65 Å². The van der Waals surface area contributed by atoms with Crippen LogP contribution in [0.4, 0.5) is 0 Å². The lowest BCUT2D eigenvalue weighted by molar-refractivity contribution is 0.0925. The Labute approximate surface area is 191 Å². The number of thiophene rings is 1. The quantitative estimate of drug-likeness (QED) is 0.464. The van der Waals surface area contributed by atoms with Crippen LogP contribution in [0.25, 0.3) is 28.0 Å². The molecule has 1 saturated carbocycles. The van der Waals surface area contributed by atoms with Crippen LogP contribution in [0.3, 0.4) is 0 Å². The van der Waals surface area contributed by atoms with Crippen molar-refractivity contribution >= 4 is 22.9 Å². The smallest absolute Gasteiger partial charge is 0.261 e. The molecule has 1 aliphatic carbocycles. The Bertz CT molecular complexity index is 1250. The standard InChI is InChI=1S/C25H26N4O2S/c1-31-24-13-17(16-7-3-2-4-8-16)12-23-27-14-21(29(23)24)18-11-22(32-15-18)25(30)28-20-10-6-5-9-19(20)26/h2-4,7-8,11-15,19-20H,5-6,9-10,26H2,1H3,(H,28,30). The highest BCUT2D eigenvalue weighted by Gasteiger charge is 2.24. The molecule has 0 spiro atoms. The number of nitrogens with two attached hydrogens (primary N) is 1. The minimum Gasteiger partial charge on any atom is -0.482 e. The van der Waals surface area contributed by atoms with E-state index < -0.39 is 0 Å². The third kappa shape index (κ3) is 3.89. The van der Waals surface area contributed by atoms with Gasteiger partial charge in [-0.25, -0.2) is 4.98 Å². The van der Waals surface area contributed by atoms with E-state index in [1.54, 1.807) is 7.11 Å². The van der Waals surface area contributed by atoms with E-state index >= 15 is 0 Å². The molecule has 0 saturated heterocycles. The molecule has 2 atom stereocenters. The molecule has 6 nitrogen and oxygen atoms in total. The van der Waals surface area contributed by atoms with Crippen LogP contribution < -0.4 is 15.8 Å². The van der Waals surface area contributed by atoms with E-state index in [1.807, 2.05) is 52.4 Å². The van der Waals surface area contributed by atoms with E-state index in [1.165, 1.54) is 11.3 Å². The number of nitrogens with zero attached hydrogens (tertiary/aromatic N) is 2. The summed E-state index contributed by atoms with van der Waals surface area (Å²) in [6.45, 7) is 0. The second kappa shape index (κ2) is 8.76. The largest absolute Gasteiger partial charge is 0.482 e. The van der Waals surface area contributed by atoms with Crippen molar-refractivity contribution in [3.8, 4) is 28.3 Å². The highest BCUT2D eigenvalue weighted by Crippen LogP contribution is 2.33. The van der Waals surface area contributed by atoms with E-state index in [2.05, 4.69) is 22.4 Å². The second-order valence-electron chi connectivity index (χ2n) is 8.22. The highest BCUT2D eigenvalue weighted by atomic mass is 32.1. The SMILES string of the molecule is COc1cc(-c2ccccc2)cc2ncc(-c3csc(C(=O)NC4CCCCC4N)c3)n12. The summed E-state index contributed by atoms with van der Waals surface area (Å²) in [5, 5.41) is 5.12. The van der Waals surface area contributed by atoms with Crippen LogP contribution in [-0.4, -0.2) is 34.5 Å². The van der Waals surface area contributed by atoms with Crippen molar-refractivity contribution in [1.82, 2.24) is 14.7 Å². The fourth-order valence-electron chi connectivity index (χ4n) is 4.40. The Balaban J connectivity index is 1.45. The van der Waals surface area contributed by atoms with Crippen molar-refractivity contribution in [1.29, 1.82) is 0 Å². The first-order chi connectivity index (χ1) is 15.6. The maximum Gasteiger partial charge on any atom is 0.261 e. The maximum atomic E-state index is 12.8. The van der Waals surface area contributed by atoms with Crippen LogP contribution in [0.15, 0.2) is 60.1 Å². The molecular weight excluding hydrogens is 420 g/mol. The number of methoxy groups -OCH3 is 1. The Morgan fingerprint density at radius 3 is 2.72 bits per heavy atom. The molecule has 3 N–H and O–H groups in total. The van der Waals surface area contributed by atoms with E-state index in [4.69, 9.17) is 10.5 Å². The van der Waals surface area contributed by atoms with Gasteiger partial charge in [0.25, 0.3) is 5.91 Å². The van der Waals surface area contributed by atoms with Gasteiger partial charge >= 0.3 is 0 Å². The summed E-state index contributed by atoms with van der Waals surface area (Å²) in [6.07, 6.45) is 5.99. The molecule has 3 aromatic heterocycles. The number of rotatable bonds is 5. The normalized spacial score (nSPS) is 18.6. The number of hydrogen-bond donors (Lipinski definition) is 2. The van der Waals surface area contributed by atoms with Gasteiger partial charge in [-0.3, -0.25) is 9.20 Å². The van der Waals surface area contributed by atoms with Crippen molar-refractivity contribution in [2.24, 2.45) is 5.73 Å². The van der Waals surface area contributed by atoms with Crippen molar-refractivity contribution in [3.63, 3.8) is 0 Å². The number of fused-ring (bicyclic) bond motifs is 1. The zero-order chi connectivity index (χ0) is 22.1. The number of carbonyl (C=O) groups is 1. The van der Waals surface area contributed by atoms with E-state index in [9.17, 15) is 4.79 Å². The number of imidazole rings is 1. The van der Waals surface area contributed by atoms with Crippen LogP contribution >= 0.6 is 11.3 Å². The molecule has 1 amide bonds. The highest BCUT2D eigenvalue weighted by molar-refractivity contribution is 7.12. The van der Waals surface area contributed by atoms with E-state index in [0.29, 0.717) is 10.8 Å². The summed E-state index contributed by atoms with van der Waals surface area (Å²) < 4.78 is 7.69. The monoisotopic (exact) mass is 446 g/mol. The molecule has 7 heteroatoms. The topological polar surface area (TPSA) is 81.6 Å². The first kappa shape index (κ1) is 20.7. The number of benzene rings is 1. The molecule has 2 unspecified atom stereocenters. The van der Waals surface area contributed by atoms with Gasteiger partial charge in [-0.2, -0.15) is 0 Å². The summed E-state index contributed by atoms with van der Waals surface area (Å²) >= 11 is 1.43. The van der Waals surface area contributed by atoms with Crippen LogP contribution in [0.5, 0.6) is 5.88 Å². The average Bonchev–Trinajstić information content (AvgIpc) is 3.48. The predicted molar refractivity (Wildman–Crippen MR) is 128 cm³/mol. The van der Waals surface area contributed by atoms with Crippen molar-refractivity contribution < 1.29 is 9.53 Å². The molecule has 0 aliphatic heterocycles. The van der Waals surface area contributed by atoms with E-state index in [0.717, 1.165) is 53.7 Å². The number of pyridine rings is 1. The van der Waals surface area contributed by atoms with Gasteiger partial charge in [0.2, 0.25) is 0 Å². The predicted octanol–water partition coefficient (Wildman–Crippen LogP) is 4.74. The Kier molecular flexibility index (Phi) is 5.68. The lowest BCUT2D eigenvalue weighted by Gasteiger charge is -2.29. The number of carbonyl (C=O) groups excluding carboxylic acids is 1. The third-order valence-electron chi connectivity index (χ3n) is 6.14. The van der Waals surface area contributed by atoms with Crippen molar-refractivity contribution in [3.05, 3.63) is 65.0 Å². The third-order valence-corrected chi connectivity index (χ3v) is 7.07. The summed E-state index contributed by atoms with van der Waals surface area (Å²) in [5.41, 5.74) is 11.0. The Morgan fingerprint density at radius 2 is 1.94 bits per heavy atom. The molecule has 5 rings (SSSR count). The van der Waals surface area contributed by atoms with Gasteiger partial charge in [0.15, 0.2) is 5.88 Å². The summed E-state index contributed by atoms with van der Waals surface area (Å²) in [5.74, 6) is 0.634. The molecular formula is C25H26N4O2S. The van der Waals surface area contributed by atoms with Gasteiger partial charge in [-0.15, -0.1) is 11.3 Å². The Morgan fingerprint density at radius 1 is 1.12 bits per heavy atom. The van der Waals surface area contributed by atoms with Crippen LogP contribution in [-0.2, 0) is 0 Å². The van der Waals surface area contributed by atoms with Crippen molar-refractivity contribution in [2.45, 2.75) is 37.8 Å². The summed E-state index contributed by atoms with van der Waals surface area (Å²) in [7, 11) is 1.66. The van der Waals surface area contributed by atoms with Gasteiger partial charge in [-0.1, -0.05) is 43.2 Å². The number of aromatic nitrogens is 2. The summed E-state index contributed by atoms with van der Waals surface area (Å²) in [4.78, 5) is 18.1. The fourth-order valence-corrected chi connectivity index (χ4v) is 5.20. The molecule has 3 heterocycles. The van der Waals surface area contributed by atoms with Gasteiger partial charge < -0.3 is 15.8 Å². The minimum atomic E-state index is -0.0595. The molecule has 1 fully saturated rings. The fraction of sp³-hybridized carbons (Fsp3) is 0.280. The molecule has 0 bridgehead atoms. The number of ether oxygens (including phenoxy) is 1. The number of hydrogen-bond acceptors (Lipinski definition) is 5. The molecule has 32 heavy (non-hydrogen) atoms. The summed E-state index contributed by atoms with van der Waals surface area (Å²) in [6, 6.07) is 16.2. The zero-order valence-corrected chi connectivity index (χ0v) is 18.8. The van der Waals surface area contributed by atoms with Crippen LogP contribution in [0.2, 0.25) is 0 Å². The van der Waals surface area contributed by atoms with Gasteiger partial charge in [-0.05, 0) is 36.1 Å². The van der Waals surface area contributed by atoms with Crippen LogP contribution in [0, 0.1) is 0 Å². The minimum absolute atomic E-state index is 0.0361. The maximum absolute atomic E-state index is 12.8. The zero-order valence-electron chi connectivity index (χ0n) is 18.0. The lowest BCUT2D eigenvalue weighted by Crippen LogP contribution is -2.49. The van der Waals surface area contributed by atoms with E-state index in [-0.39, 0.29) is 18.0 Å².